The van der Waals surface area contributed by atoms with Crippen molar-refractivity contribution in [3.8, 4) is 0 Å². The largest absolute Gasteiger partial charge is 0.346 e. The van der Waals surface area contributed by atoms with Gasteiger partial charge in [-0.05, 0) is 31.0 Å². The normalized spacial score (nSPS) is 17.0. The molecule has 1 aliphatic rings. The number of carbonyl (C=O) groups excluding carboxylic acids is 2. The topological polar surface area (TPSA) is 67.2 Å². The SMILES string of the molecule is Cc1nn(C)c(C(=O)N[C@H]2CC(=O)N(CCc3ccc(F)cc3)C2)c1Cl. The molecule has 1 aliphatic heterocycles. The van der Waals surface area contributed by atoms with Crippen LogP contribution in [-0.2, 0) is 18.3 Å². The van der Waals surface area contributed by atoms with Crippen molar-refractivity contribution in [3.05, 3.63) is 52.1 Å². The van der Waals surface area contributed by atoms with Crippen molar-refractivity contribution in [1.29, 1.82) is 0 Å². The number of likely N-dealkylation sites (tertiary alicyclic amines) is 1. The maximum absolute atomic E-state index is 12.9. The fourth-order valence-electron chi connectivity index (χ4n) is 3.13. The monoisotopic (exact) mass is 378 g/mol. The van der Waals surface area contributed by atoms with Crippen LogP contribution in [0.2, 0.25) is 5.02 Å². The van der Waals surface area contributed by atoms with Crippen molar-refractivity contribution in [2.45, 2.75) is 25.8 Å². The summed E-state index contributed by atoms with van der Waals surface area (Å²) in [5, 5.41) is 7.31. The summed E-state index contributed by atoms with van der Waals surface area (Å²) in [6.45, 7) is 2.71. The van der Waals surface area contributed by atoms with Crippen LogP contribution in [0.15, 0.2) is 24.3 Å². The van der Waals surface area contributed by atoms with Gasteiger partial charge in [0.25, 0.3) is 5.91 Å². The third-order valence-electron chi connectivity index (χ3n) is 4.50. The minimum Gasteiger partial charge on any atom is -0.346 e. The Labute approximate surface area is 155 Å². The second-order valence-electron chi connectivity index (χ2n) is 6.46. The highest BCUT2D eigenvalue weighted by molar-refractivity contribution is 6.34. The molecule has 0 aliphatic carbocycles. The first-order chi connectivity index (χ1) is 12.3. The minimum atomic E-state index is -0.337. The highest BCUT2D eigenvalue weighted by Crippen LogP contribution is 2.20. The van der Waals surface area contributed by atoms with Crippen molar-refractivity contribution in [3.63, 3.8) is 0 Å². The van der Waals surface area contributed by atoms with Gasteiger partial charge in [0.1, 0.15) is 11.5 Å². The molecule has 1 aromatic carbocycles. The molecule has 2 heterocycles. The van der Waals surface area contributed by atoms with Crippen LogP contribution in [0.25, 0.3) is 0 Å². The number of halogens is 2. The lowest BCUT2D eigenvalue weighted by Crippen LogP contribution is -2.38. The summed E-state index contributed by atoms with van der Waals surface area (Å²) in [7, 11) is 1.66. The third-order valence-corrected chi connectivity index (χ3v) is 4.95. The number of hydrogen-bond acceptors (Lipinski definition) is 3. The molecule has 1 atom stereocenters. The molecule has 6 nitrogen and oxygen atoms in total. The molecule has 0 unspecified atom stereocenters. The Morgan fingerprint density at radius 2 is 2.08 bits per heavy atom. The zero-order valence-electron chi connectivity index (χ0n) is 14.6. The fraction of sp³-hybridized carbons (Fsp3) is 0.389. The first-order valence-electron chi connectivity index (χ1n) is 8.37. The number of aryl methyl sites for hydroxylation is 2. The average molecular weight is 379 g/mol. The lowest BCUT2D eigenvalue weighted by atomic mass is 10.1. The summed E-state index contributed by atoms with van der Waals surface area (Å²) < 4.78 is 14.4. The Bertz CT molecular complexity index is 834. The Balaban J connectivity index is 1.57. The van der Waals surface area contributed by atoms with E-state index < -0.39 is 0 Å². The van der Waals surface area contributed by atoms with E-state index in [1.165, 1.54) is 16.8 Å². The van der Waals surface area contributed by atoms with Crippen LogP contribution in [0.4, 0.5) is 4.39 Å². The molecule has 2 aromatic rings. The van der Waals surface area contributed by atoms with Gasteiger partial charge in [0.15, 0.2) is 0 Å². The summed E-state index contributed by atoms with van der Waals surface area (Å²) in [5.41, 5.74) is 1.84. The predicted octanol–water partition coefficient (Wildman–Crippen LogP) is 2.09. The second-order valence-corrected chi connectivity index (χ2v) is 6.84. The van der Waals surface area contributed by atoms with E-state index in [4.69, 9.17) is 11.6 Å². The standard InChI is InChI=1S/C18H20ClFN4O2/c1-11-16(19)17(23(2)22-11)18(26)21-14-9-15(25)24(10-14)8-7-12-3-5-13(20)6-4-12/h3-6,14H,7-10H2,1-2H3,(H,21,26)/t14-/m0/s1. The van der Waals surface area contributed by atoms with Gasteiger partial charge in [0.05, 0.1) is 16.8 Å². The summed E-state index contributed by atoms with van der Waals surface area (Å²) in [6.07, 6.45) is 0.892. The lowest BCUT2D eigenvalue weighted by Gasteiger charge is -2.17. The summed E-state index contributed by atoms with van der Waals surface area (Å²) in [6, 6.07) is 5.96. The smallest absolute Gasteiger partial charge is 0.271 e. The maximum Gasteiger partial charge on any atom is 0.271 e. The Kier molecular flexibility index (Phi) is 5.27. The van der Waals surface area contributed by atoms with Crippen LogP contribution in [0.5, 0.6) is 0 Å². The van der Waals surface area contributed by atoms with E-state index in [0.717, 1.165) is 5.56 Å². The number of rotatable bonds is 5. The van der Waals surface area contributed by atoms with Gasteiger partial charge < -0.3 is 10.2 Å². The Morgan fingerprint density at radius 3 is 2.69 bits per heavy atom. The van der Waals surface area contributed by atoms with Crippen molar-refractivity contribution in [1.82, 2.24) is 20.0 Å². The molecule has 138 valence electrons. The molecule has 1 fully saturated rings. The second kappa shape index (κ2) is 7.45. The Morgan fingerprint density at radius 1 is 1.38 bits per heavy atom. The van der Waals surface area contributed by atoms with Crippen molar-refractivity contribution in [2.24, 2.45) is 7.05 Å². The molecule has 1 saturated heterocycles. The quantitative estimate of drug-likeness (QED) is 0.866. The van der Waals surface area contributed by atoms with Crippen molar-refractivity contribution < 1.29 is 14.0 Å². The van der Waals surface area contributed by atoms with Crippen molar-refractivity contribution in [2.75, 3.05) is 13.1 Å². The van der Waals surface area contributed by atoms with E-state index in [-0.39, 0.29) is 30.1 Å². The zero-order valence-corrected chi connectivity index (χ0v) is 15.4. The lowest BCUT2D eigenvalue weighted by molar-refractivity contribution is -0.127. The minimum absolute atomic E-state index is 0.00954. The molecule has 0 spiro atoms. The Hall–Kier alpha value is -2.41. The predicted molar refractivity (Wildman–Crippen MR) is 95.5 cm³/mol. The number of amides is 2. The molecule has 1 N–H and O–H groups in total. The fourth-order valence-corrected chi connectivity index (χ4v) is 3.38. The number of carbonyl (C=O) groups is 2. The van der Waals surface area contributed by atoms with E-state index in [1.54, 1.807) is 31.0 Å². The first-order valence-corrected chi connectivity index (χ1v) is 8.75. The molecule has 8 heteroatoms. The van der Waals surface area contributed by atoms with Crippen LogP contribution in [0.1, 0.15) is 28.2 Å². The van der Waals surface area contributed by atoms with Gasteiger partial charge in [-0.15, -0.1) is 0 Å². The van der Waals surface area contributed by atoms with E-state index >= 15 is 0 Å². The molecule has 3 rings (SSSR count). The zero-order chi connectivity index (χ0) is 18.8. The molecule has 2 amide bonds. The van der Waals surface area contributed by atoms with E-state index in [0.29, 0.717) is 35.9 Å². The number of benzene rings is 1. The van der Waals surface area contributed by atoms with Crippen molar-refractivity contribution >= 4 is 23.4 Å². The van der Waals surface area contributed by atoms with Crippen LogP contribution >= 0.6 is 11.6 Å². The molecular weight excluding hydrogens is 359 g/mol. The summed E-state index contributed by atoms with van der Waals surface area (Å²) in [5.74, 6) is -0.626. The van der Waals surface area contributed by atoms with Gasteiger partial charge in [-0.3, -0.25) is 14.3 Å². The van der Waals surface area contributed by atoms with E-state index in [1.807, 2.05) is 0 Å². The van der Waals surface area contributed by atoms with Gasteiger partial charge in [-0.2, -0.15) is 5.10 Å². The van der Waals surface area contributed by atoms with E-state index in [9.17, 15) is 14.0 Å². The molecule has 1 aromatic heterocycles. The maximum atomic E-state index is 12.9. The highest BCUT2D eigenvalue weighted by Gasteiger charge is 2.31. The van der Waals surface area contributed by atoms with Gasteiger partial charge in [0, 0.05) is 26.6 Å². The van der Waals surface area contributed by atoms with Gasteiger partial charge in [-0.1, -0.05) is 23.7 Å². The van der Waals surface area contributed by atoms with Crippen LogP contribution in [-0.4, -0.2) is 45.6 Å². The highest BCUT2D eigenvalue weighted by atomic mass is 35.5. The third kappa shape index (κ3) is 3.88. The van der Waals surface area contributed by atoms with E-state index in [2.05, 4.69) is 10.4 Å². The van der Waals surface area contributed by atoms with Gasteiger partial charge in [-0.25, -0.2) is 4.39 Å². The summed E-state index contributed by atoms with van der Waals surface area (Å²) in [4.78, 5) is 26.4. The molecule has 0 saturated carbocycles. The number of nitrogens with one attached hydrogen (secondary N) is 1. The number of nitrogens with zero attached hydrogens (tertiary/aromatic N) is 3. The molecule has 0 radical (unpaired) electrons. The van der Waals surface area contributed by atoms with Crippen LogP contribution in [0.3, 0.4) is 0 Å². The van der Waals surface area contributed by atoms with Crippen LogP contribution in [0, 0.1) is 12.7 Å². The summed E-state index contributed by atoms with van der Waals surface area (Å²) >= 11 is 6.13. The van der Waals surface area contributed by atoms with Crippen LogP contribution < -0.4 is 5.32 Å². The molecule has 26 heavy (non-hydrogen) atoms. The van der Waals surface area contributed by atoms with Gasteiger partial charge >= 0.3 is 0 Å². The van der Waals surface area contributed by atoms with Gasteiger partial charge in [0.2, 0.25) is 5.91 Å². The molecule has 0 bridgehead atoms. The molecular formula is C18H20ClFN4O2. The average Bonchev–Trinajstić information content (AvgIpc) is 3.05. The first kappa shape index (κ1) is 18.4. The number of hydrogen-bond donors (Lipinski definition) is 1. The number of aromatic nitrogens is 2.